The van der Waals surface area contributed by atoms with Crippen LogP contribution in [0.5, 0.6) is 0 Å². The third-order valence-electron chi connectivity index (χ3n) is 5.24. The quantitative estimate of drug-likeness (QED) is 0.463. The molecule has 33 heavy (non-hydrogen) atoms. The van der Waals surface area contributed by atoms with Crippen molar-refractivity contribution < 1.29 is 18.8 Å². The Morgan fingerprint density at radius 3 is 2.70 bits per heavy atom. The number of imide groups is 1. The molecule has 0 spiro atoms. The van der Waals surface area contributed by atoms with Gasteiger partial charge in [-0.25, -0.2) is 4.79 Å². The molecule has 4 rings (SSSR count). The van der Waals surface area contributed by atoms with Gasteiger partial charge in [0.05, 0.1) is 18.0 Å². The van der Waals surface area contributed by atoms with Crippen molar-refractivity contribution in [3.63, 3.8) is 0 Å². The van der Waals surface area contributed by atoms with Crippen LogP contribution in [0.4, 0.5) is 4.79 Å². The summed E-state index contributed by atoms with van der Waals surface area (Å²) < 4.78 is 5.72. The number of amides is 4. The van der Waals surface area contributed by atoms with Crippen molar-refractivity contribution in [2.45, 2.75) is 32.4 Å². The maximum absolute atomic E-state index is 13.0. The molecule has 1 aromatic carbocycles. The molecule has 0 radical (unpaired) electrons. The van der Waals surface area contributed by atoms with Crippen molar-refractivity contribution in [1.29, 1.82) is 0 Å². The van der Waals surface area contributed by atoms with E-state index >= 15 is 0 Å². The van der Waals surface area contributed by atoms with Crippen molar-refractivity contribution in [2.24, 2.45) is 0 Å². The van der Waals surface area contributed by atoms with Gasteiger partial charge >= 0.3 is 6.03 Å². The standard InChI is InChI=1S/C22H24N6O4S/c1-3-11-27(14-18-24-25-19(32-18)16-10-7-12-33-16)13-17(29)26-28-20(30)22(2,23-21(28)31)15-8-5-4-6-9-15/h4-10,12H,3,11,13-14H2,1-2H3,(H,23,31)(H,26,29)/t22-/m0/s1. The minimum absolute atomic E-state index is 0.0519. The third-order valence-corrected chi connectivity index (χ3v) is 6.10. The van der Waals surface area contributed by atoms with Crippen molar-refractivity contribution in [3.8, 4) is 10.8 Å². The minimum Gasteiger partial charge on any atom is -0.419 e. The molecule has 10 nitrogen and oxygen atoms in total. The van der Waals surface area contributed by atoms with Crippen LogP contribution in [-0.2, 0) is 21.7 Å². The van der Waals surface area contributed by atoms with E-state index in [0.717, 1.165) is 16.3 Å². The molecule has 0 saturated carbocycles. The molecule has 0 unspecified atom stereocenters. The molecular formula is C22H24N6O4S. The lowest BCUT2D eigenvalue weighted by Gasteiger charge is -2.23. The van der Waals surface area contributed by atoms with Gasteiger partial charge in [-0.3, -0.25) is 19.9 Å². The van der Waals surface area contributed by atoms with Crippen LogP contribution >= 0.6 is 11.3 Å². The number of nitrogens with one attached hydrogen (secondary N) is 2. The predicted molar refractivity (Wildman–Crippen MR) is 120 cm³/mol. The fraction of sp³-hybridized carbons (Fsp3) is 0.318. The lowest BCUT2D eigenvalue weighted by Crippen LogP contribution is -2.50. The Hall–Kier alpha value is -3.57. The molecule has 2 aromatic heterocycles. The zero-order valence-corrected chi connectivity index (χ0v) is 19.1. The number of benzene rings is 1. The number of nitrogens with zero attached hydrogens (tertiary/aromatic N) is 4. The molecule has 4 amide bonds. The number of carbonyl (C=O) groups excluding carboxylic acids is 3. The Bertz CT molecular complexity index is 1130. The van der Waals surface area contributed by atoms with Crippen LogP contribution < -0.4 is 10.7 Å². The summed E-state index contributed by atoms with van der Waals surface area (Å²) in [5.74, 6) is -0.236. The topological polar surface area (TPSA) is 121 Å². The van der Waals surface area contributed by atoms with Crippen molar-refractivity contribution in [2.75, 3.05) is 13.1 Å². The first-order valence-corrected chi connectivity index (χ1v) is 11.4. The Morgan fingerprint density at radius 2 is 2.00 bits per heavy atom. The highest BCUT2D eigenvalue weighted by atomic mass is 32.1. The van der Waals surface area contributed by atoms with Crippen LogP contribution in [0.1, 0.15) is 31.7 Å². The molecule has 1 aliphatic rings. The summed E-state index contributed by atoms with van der Waals surface area (Å²) >= 11 is 1.50. The fourth-order valence-electron chi connectivity index (χ4n) is 3.61. The van der Waals surface area contributed by atoms with Gasteiger partial charge in [-0.2, -0.15) is 5.01 Å². The maximum Gasteiger partial charge on any atom is 0.344 e. The van der Waals surface area contributed by atoms with Crippen LogP contribution in [0, 0.1) is 0 Å². The lowest BCUT2D eigenvalue weighted by atomic mass is 9.92. The number of hydrogen-bond acceptors (Lipinski definition) is 8. The van der Waals surface area contributed by atoms with Gasteiger partial charge in [-0.05, 0) is 36.9 Å². The number of hydrazine groups is 1. The minimum atomic E-state index is -1.25. The first kappa shape index (κ1) is 22.6. The number of urea groups is 1. The molecule has 3 heterocycles. The molecule has 1 atom stereocenters. The number of carbonyl (C=O) groups is 3. The number of thiophene rings is 1. The van der Waals surface area contributed by atoms with Crippen molar-refractivity contribution >= 4 is 29.2 Å². The van der Waals surface area contributed by atoms with Gasteiger partial charge in [0.15, 0.2) is 0 Å². The molecular weight excluding hydrogens is 444 g/mol. The average Bonchev–Trinajstić information content (AvgIpc) is 3.53. The van der Waals surface area contributed by atoms with Gasteiger partial charge in [0.1, 0.15) is 5.54 Å². The first-order chi connectivity index (χ1) is 15.9. The van der Waals surface area contributed by atoms with Crippen LogP contribution in [0.3, 0.4) is 0 Å². The van der Waals surface area contributed by atoms with E-state index in [1.165, 1.54) is 11.3 Å². The molecule has 0 aliphatic carbocycles. The second-order valence-corrected chi connectivity index (χ2v) is 8.73. The zero-order valence-electron chi connectivity index (χ0n) is 18.3. The largest absolute Gasteiger partial charge is 0.419 e. The Balaban J connectivity index is 1.40. The molecule has 11 heteroatoms. The summed E-state index contributed by atoms with van der Waals surface area (Å²) in [6.07, 6.45) is 0.786. The highest BCUT2D eigenvalue weighted by molar-refractivity contribution is 7.13. The zero-order chi connectivity index (χ0) is 23.4. The smallest absolute Gasteiger partial charge is 0.344 e. The Morgan fingerprint density at radius 1 is 1.21 bits per heavy atom. The lowest BCUT2D eigenvalue weighted by molar-refractivity contribution is -0.139. The summed E-state index contributed by atoms with van der Waals surface area (Å²) in [4.78, 5) is 40.8. The molecule has 3 aromatic rings. The number of hydrogen-bond donors (Lipinski definition) is 2. The Kier molecular flexibility index (Phi) is 6.52. The van der Waals surface area contributed by atoms with E-state index < -0.39 is 23.4 Å². The second-order valence-electron chi connectivity index (χ2n) is 7.79. The molecule has 1 saturated heterocycles. The van der Waals surface area contributed by atoms with Crippen LogP contribution in [-0.4, -0.2) is 51.0 Å². The summed E-state index contributed by atoms with van der Waals surface area (Å²) in [5.41, 5.74) is 1.81. The van der Waals surface area contributed by atoms with Crippen LogP contribution in [0.15, 0.2) is 52.3 Å². The third kappa shape index (κ3) is 4.78. The average molecular weight is 469 g/mol. The first-order valence-electron chi connectivity index (χ1n) is 10.5. The summed E-state index contributed by atoms with van der Waals surface area (Å²) in [6, 6.07) is 12.0. The molecule has 2 N–H and O–H groups in total. The van der Waals surface area contributed by atoms with E-state index in [9.17, 15) is 14.4 Å². The molecule has 1 aliphatic heterocycles. The summed E-state index contributed by atoms with van der Waals surface area (Å²) in [5, 5.41) is 13.5. The highest BCUT2D eigenvalue weighted by Gasteiger charge is 2.50. The van der Waals surface area contributed by atoms with Gasteiger partial charge < -0.3 is 9.73 Å². The second kappa shape index (κ2) is 9.51. The van der Waals surface area contributed by atoms with Crippen LogP contribution in [0.2, 0.25) is 0 Å². The van der Waals surface area contributed by atoms with E-state index in [0.29, 0.717) is 23.9 Å². The Labute approximate surface area is 194 Å². The van der Waals surface area contributed by atoms with Gasteiger partial charge in [-0.1, -0.05) is 43.3 Å². The van der Waals surface area contributed by atoms with Gasteiger partial charge in [0, 0.05) is 0 Å². The maximum atomic E-state index is 13.0. The van der Waals surface area contributed by atoms with E-state index in [1.54, 1.807) is 31.2 Å². The summed E-state index contributed by atoms with van der Waals surface area (Å²) in [6.45, 7) is 4.40. The SMILES string of the molecule is CCCN(CC(=O)NN1C(=O)N[C@@](C)(c2ccccc2)C1=O)Cc1nnc(-c2cccs2)o1. The van der Waals surface area contributed by atoms with Gasteiger partial charge in [0.2, 0.25) is 5.89 Å². The fourth-order valence-corrected chi connectivity index (χ4v) is 4.25. The predicted octanol–water partition coefficient (Wildman–Crippen LogP) is 2.51. The van der Waals surface area contributed by atoms with Crippen LogP contribution in [0.25, 0.3) is 10.8 Å². The van der Waals surface area contributed by atoms with Crippen molar-refractivity contribution in [1.82, 2.24) is 30.8 Å². The number of rotatable bonds is 9. The van der Waals surface area contributed by atoms with Gasteiger partial charge in [-0.15, -0.1) is 21.5 Å². The van der Waals surface area contributed by atoms with E-state index in [4.69, 9.17) is 4.42 Å². The molecule has 172 valence electrons. The van der Waals surface area contributed by atoms with E-state index in [1.807, 2.05) is 35.4 Å². The van der Waals surface area contributed by atoms with Gasteiger partial charge in [0.25, 0.3) is 17.7 Å². The van der Waals surface area contributed by atoms with E-state index in [-0.39, 0.29) is 13.1 Å². The highest BCUT2D eigenvalue weighted by Crippen LogP contribution is 2.27. The molecule has 0 bridgehead atoms. The monoisotopic (exact) mass is 468 g/mol. The van der Waals surface area contributed by atoms with Crippen molar-refractivity contribution in [3.05, 3.63) is 59.3 Å². The number of aromatic nitrogens is 2. The van der Waals surface area contributed by atoms with E-state index in [2.05, 4.69) is 20.9 Å². The summed E-state index contributed by atoms with van der Waals surface area (Å²) in [7, 11) is 0. The normalized spacial score (nSPS) is 18.1. The molecule has 1 fully saturated rings.